The number of esters is 3. The summed E-state index contributed by atoms with van der Waals surface area (Å²) >= 11 is 0. The molecule has 374 valence electrons. The van der Waals surface area contributed by atoms with Crippen LogP contribution in [0, 0.1) is 0 Å². The van der Waals surface area contributed by atoms with Crippen LogP contribution in [0.1, 0.15) is 329 Å². The Balaban J connectivity index is 4.16. The predicted molar refractivity (Wildman–Crippen MR) is 270 cm³/mol. The lowest BCUT2D eigenvalue weighted by Crippen LogP contribution is -2.30. The summed E-state index contributed by atoms with van der Waals surface area (Å²) in [5, 5.41) is 0. The van der Waals surface area contributed by atoms with Gasteiger partial charge in [0.25, 0.3) is 0 Å². The summed E-state index contributed by atoms with van der Waals surface area (Å²) in [5.41, 5.74) is 0. The van der Waals surface area contributed by atoms with Crippen LogP contribution in [0.15, 0.2) is 0 Å². The summed E-state index contributed by atoms with van der Waals surface area (Å²) < 4.78 is 16.8. The number of carbonyl (C=O) groups excluding carboxylic acids is 3. The molecule has 0 amide bonds. The fourth-order valence-corrected chi connectivity index (χ4v) is 8.80. The van der Waals surface area contributed by atoms with E-state index in [1.807, 2.05) is 0 Å². The number of ether oxygens (including phenoxy) is 3. The Morgan fingerprint density at radius 2 is 0.429 bits per heavy atom. The van der Waals surface area contributed by atoms with Gasteiger partial charge in [-0.05, 0) is 19.3 Å². The molecule has 0 aliphatic heterocycles. The molecule has 0 N–H and O–H groups in total. The second-order valence-electron chi connectivity index (χ2n) is 19.6. The molecule has 0 fully saturated rings. The minimum absolute atomic E-state index is 0.0615. The van der Waals surface area contributed by atoms with E-state index >= 15 is 0 Å². The largest absolute Gasteiger partial charge is 0.462 e. The molecule has 0 aliphatic rings. The smallest absolute Gasteiger partial charge is 0.306 e. The van der Waals surface area contributed by atoms with Crippen LogP contribution < -0.4 is 0 Å². The van der Waals surface area contributed by atoms with Crippen LogP contribution in [0.3, 0.4) is 0 Å². The topological polar surface area (TPSA) is 78.9 Å². The van der Waals surface area contributed by atoms with Gasteiger partial charge in [0.1, 0.15) is 13.2 Å². The molecule has 0 saturated carbocycles. The van der Waals surface area contributed by atoms with Gasteiger partial charge in [0, 0.05) is 19.3 Å². The quantitative estimate of drug-likeness (QED) is 0.0344. The lowest BCUT2D eigenvalue weighted by Gasteiger charge is -2.18. The number of unbranched alkanes of at least 4 members (excludes halogenated alkanes) is 42. The number of hydrogen-bond donors (Lipinski definition) is 0. The highest BCUT2D eigenvalue weighted by Gasteiger charge is 2.19. The fraction of sp³-hybridized carbons (Fsp3) is 0.947. The summed E-state index contributed by atoms with van der Waals surface area (Å²) in [6.45, 7) is 6.68. The molecular weight excluding hydrogens is 781 g/mol. The van der Waals surface area contributed by atoms with E-state index in [0.29, 0.717) is 19.3 Å². The first-order valence-electron chi connectivity index (χ1n) is 28.5. The zero-order chi connectivity index (χ0) is 45.8. The van der Waals surface area contributed by atoms with E-state index in [2.05, 4.69) is 20.8 Å². The molecule has 0 aromatic heterocycles. The SMILES string of the molecule is CCCCCCCCCCCCCCCCCCCCCCCCC(=O)OCC(COC(=O)CCCCCCCCCCCC)OC(=O)CCCCCCCCCCCCCCC. The van der Waals surface area contributed by atoms with Crippen LogP contribution in [-0.4, -0.2) is 37.2 Å². The van der Waals surface area contributed by atoms with Gasteiger partial charge in [-0.15, -0.1) is 0 Å². The van der Waals surface area contributed by atoms with Gasteiger partial charge in [0.05, 0.1) is 0 Å². The normalized spacial score (nSPS) is 11.9. The van der Waals surface area contributed by atoms with E-state index in [-0.39, 0.29) is 31.1 Å². The third kappa shape index (κ3) is 51.3. The maximum atomic E-state index is 12.8. The second kappa shape index (κ2) is 53.0. The molecule has 63 heavy (non-hydrogen) atoms. The van der Waals surface area contributed by atoms with Crippen LogP contribution in [0.4, 0.5) is 0 Å². The van der Waals surface area contributed by atoms with E-state index < -0.39 is 6.10 Å². The van der Waals surface area contributed by atoms with Crippen LogP contribution >= 0.6 is 0 Å². The molecule has 0 heterocycles. The molecule has 0 rings (SSSR count). The minimum Gasteiger partial charge on any atom is -0.462 e. The van der Waals surface area contributed by atoms with Gasteiger partial charge in [0.15, 0.2) is 6.10 Å². The average molecular weight is 892 g/mol. The molecule has 6 heteroatoms. The Kier molecular flexibility index (Phi) is 51.7. The van der Waals surface area contributed by atoms with Crippen LogP contribution in [-0.2, 0) is 28.6 Å². The summed E-state index contributed by atoms with van der Waals surface area (Å²) in [4.78, 5) is 38.0. The van der Waals surface area contributed by atoms with Gasteiger partial charge in [-0.2, -0.15) is 0 Å². The first kappa shape index (κ1) is 61.4. The van der Waals surface area contributed by atoms with Crippen molar-refractivity contribution in [2.45, 2.75) is 335 Å². The number of carbonyl (C=O) groups is 3. The zero-order valence-electron chi connectivity index (χ0n) is 42.9. The minimum atomic E-state index is -0.760. The standard InChI is InChI=1S/C57H110O6/c1-4-7-10-13-16-19-22-24-25-26-27-28-29-30-31-32-34-35-38-41-44-47-50-56(59)62-53-54(52-61-55(58)49-46-43-40-37-21-18-15-12-9-6-3)63-57(60)51-48-45-42-39-36-33-23-20-17-14-11-8-5-2/h54H,4-53H2,1-3H3. The van der Waals surface area contributed by atoms with Crippen molar-refractivity contribution in [1.82, 2.24) is 0 Å². The predicted octanol–water partition coefficient (Wildman–Crippen LogP) is 18.8. The van der Waals surface area contributed by atoms with Crippen molar-refractivity contribution in [3.8, 4) is 0 Å². The third-order valence-corrected chi connectivity index (χ3v) is 13.1. The van der Waals surface area contributed by atoms with E-state index in [1.54, 1.807) is 0 Å². The van der Waals surface area contributed by atoms with Crippen molar-refractivity contribution in [2.75, 3.05) is 13.2 Å². The number of rotatable bonds is 53. The molecular formula is C57H110O6. The van der Waals surface area contributed by atoms with Crippen molar-refractivity contribution < 1.29 is 28.6 Å². The van der Waals surface area contributed by atoms with Gasteiger partial charge in [0.2, 0.25) is 0 Å². The Hall–Kier alpha value is -1.59. The van der Waals surface area contributed by atoms with E-state index in [0.717, 1.165) is 57.8 Å². The molecule has 0 spiro atoms. The molecule has 0 radical (unpaired) electrons. The van der Waals surface area contributed by atoms with E-state index in [9.17, 15) is 14.4 Å². The summed E-state index contributed by atoms with van der Waals surface area (Å²) in [6.07, 6.45) is 58.2. The fourth-order valence-electron chi connectivity index (χ4n) is 8.80. The number of hydrogen-bond acceptors (Lipinski definition) is 6. The molecule has 0 aliphatic carbocycles. The van der Waals surface area contributed by atoms with Crippen molar-refractivity contribution in [1.29, 1.82) is 0 Å². The van der Waals surface area contributed by atoms with E-state index in [4.69, 9.17) is 14.2 Å². The Morgan fingerprint density at radius 3 is 0.635 bits per heavy atom. The molecule has 1 atom stereocenters. The van der Waals surface area contributed by atoms with Crippen molar-refractivity contribution in [2.24, 2.45) is 0 Å². The lowest BCUT2D eigenvalue weighted by atomic mass is 10.0. The van der Waals surface area contributed by atoms with E-state index in [1.165, 1.54) is 231 Å². The summed E-state index contributed by atoms with van der Waals surface area (Å²) in [6, 6.07) is 0. The molecule has 0 bridgehead atoms. The second-order valence-corrected chi connectivity index (χ2v) is 19.6. The van der Waals surface area contributed by atoms with Gasteiger partial charge in [-0.1, -0.05) is 290 Å². The highest BCUT2D eigenvalue weighted by Crippen LogP contribution is 2.18. The molecule has 0 saturated heterocycles. The first-order valence-corrected chi connectivity index (χ1v) is 28.5. The average Bonchev–Trinajstić information content (AvgIpc) is 3.28. The van der Waals surface area contributed by atoms with Gasteiger partial charge in [-0.25, -0.2) is 0 Å². The van der Waals surface area contributed by atoms with Crippen LogP contribution in [0.25, 0.3) is 0 Å². The Labute approximate surface area is 393 Å². The molecule has 6 nitrogen and oxygen atoms in total. The maximum absolute atomic E-state index is 12.8. The van der Waals surface area contributed by atoms with Gasteiger partial charge in [-0.3, -0.25) is 14.4 Å². The zero-order valence-corrected chi connectivity index (χ0v) is 42.9. The molecule has 0 aromatic rings. The van der Waals surface area contributed by atoms with Gasteiger partial charge < -0.3 is 14.2 Å². The lowest BCUT2D eigenvalue weighted by molar-refractivity contribution is -0.167. The Bertz CT molecular complexity index is 936. The molecule has 0 aromatic carbocycles. The van der Waals surface area contributed by atoms with Crippen LogP contribution in [0.5, 0.6) is 0 Å². The summed E-state index contributed by atoms with van der Waals surface area (Å²) in [5.74, 6) is -0.838. The first-order chi connectivity index (χ1) is 31.0. The monoisotopic (exact) mass is 891 g/mol. The third-order valence-electron chi connectivity index (χ3n) is 13.1. The van der Waals surface area contributed by atoms with Crippen molar-refractivity contribution in [3.63, 3.8) is 0 Å². The van der Waals surface area contributed by atoms with Crippen LogP contribution in [0.2, 0.25) is 0 Å². The van der Waals surface area contributed by atoms with Crippen molar-refractivity contribution >= 4 is 17.9 Å². The van der Waals surface area contributed by atoms with Gasteiger partial charge >= 0.3 is 17.9 Å². The highest BCUT2D eigenvalue weighted by atomic mass is 16.6. The molecule has 1 unspecified atom stereocenters. The summed E-state index contributed by atoms with van der Waals surface area (Å²) in [7, 11) is 0. The van der Waals surface area contributed by atoms with Crippen molar-refractivity contribution in [3.05, 3.63) is 0 Å². The highest BCUT2D eigenvalue weighted by molar-refractivity contribution is 5.71. The Morgan fingerprint density at radius 1 is 0.254 bits per heavy atom. The maximum Gasteiger partial charge on any atom is 0.306 e.